The van der Waals surface area contributed by atoms with Gasteiger partial charge < -0.3 is 0 Å². The fourth-order valence-corrected chi connectivity index (χ4v) is 50.4. The number of rotatable bonds is 0. The van der Waals surface area contributed by atoms with E-state index in [1.54, 1.807) is 0 Å². The third-order valence-electron chi connectivity index (χ3n) is 0.343. The number of hydrogen-bond donors (Lipinski definition) is 0. The monoisotopic (exact) mass is 326 g/mol. The summed E-state index contributed by atoms with van der Waals surface area (Å²) in [5.41, 5.74) is 0. The van der Waals surface area contributed by atoms with Gasteiger partial charge in [0.25, 0.3) is 0 Å². The topological polar surface area (TPSA) is 0 Å². The van der Waals surface area contributed by atoms with Gasteiger partial charge in [-0.25, -0.2) is 0 Å². The second-order valence-electron chi connectivity index (χ2n) is 0.708. The van der Waals surface area contributed by atoms with Crippen LogP contribution < -0.4 is 0 Å². The van der Waals surface area contributed by atoms with E-state index in [-0.39, 0.29) is 0 Å². The third-order valence-corrected chi connectivity index (χ3v) is 49.0. The SMILES string of the molecule is C1=C[As]=[As][As]=[As]1. The first-order chi connectivity index (χ1) is 3.00. The van der Waals surface area contributed by atoms with E-state index in [2.05, 4.69) is 9.73 Å². The second-order valence-corrected chi connectivity index (χ2v) is 32.9. The molecule has 6 heavy (non-hydrogen) atoms. The average Bonchev–Trinajstić information content (AvgIpc) is 1.72. The zero-order valence-corrected chi connectivity index (χ0v) is 10.4. The Kier molecular flexibility index (Phi) is 3.98. The Labute approximate surface area is 57.3 Å². The van der Waals surface area contributed by atoms with Crippen molar-refractivity contribution in [3.05, 3.63) is 9.73 Å². The fourth-order valence-electron chi connectivity index (χ4n) is 0.165. The molecule has 0 nitrogen and oxygen atoms in total. The molecule has 0 N–H and O–H groups in total. The van der Waals surface area contributed by atoms with Gasteiger partial charge in [0.1, 0.15) is 0 Å². The Balaban J connectivity index is 2.77. The summed E-state index contributed by atoms with van der Waals surface area (Å²) in [4.78, 5) is 4.94. The van der Waals surface area contributed by atoms with Gasteiger partial charge in [0.15, 0.2) is 0 Å². The molecule has 0 spiro atoms. The minimum atomic E-state index is 0.809. The van der Waals surface area contributed by atoms with Crippen LogP contribution in [0.2, 0.25) is 0 Å². The molecule has 1 aliphatic rings. The molecule has 0 aromatic rings. The summed E-state index contributed by atoms with van der Waals surface area (Å²) in [7, 11) is 0. The van der Waals surface area contributed by atoms with E-state index in [1.165, 1.54) is 0 Å². The molecule has 0 fully saturated rings. The van der Waals surface area contributed by atoms with Gasteiger partial charge in [-0.1, -0.05) is 0 Å². The molecule has 1 aliphatic heterocycles. The molecule has 0 saturated carbocycles. The molecule has 0 atom stereocenters. The van der Waals surface area contributed by atoms with Crippen molar-refractivity contribution in [3.8, 4) is 0 Å². The van der Waals surface area contributed by atoms with E-state index in [0.29, 0.717) is 0 Å². The van der Waals surface area contributed by atoms with Crippen LogP contribution in [0.15, 0.2) is 9.73 Å². The van der Waals surface area contributed by atoms with Gasteiger partial charge in [-0.2, -0.15) is 0 Å². The average molecular weight is 326 g/mol. The fraction of sp³-hybridized carbons (Fsp3) is 0. The summed E-state index contributed by atoms with van der Waals surface area (Å²) >= 11 is 3.56. The predicted octanol–water partition coefficient (Wildman–Crippen LogP) is -0.967. The van der Waals surface area contributed by atoms with Crippen LogP contribution in [0, 0.1) is 0 Å². The zero-order valence-electron chi connectivity index (χ0n) is 2.94. The third kappa shape index (κ3) is 2.32. The zero-order chi connectivity index (χ0) is 4.24. The molecular formula is C2H2As4. The van der Waals surface area contributed by atoms with Crippen LogP contribution in [-0.2, 0) is 0 Å². The van der Waals surface area contributed by atoms with Crippen LogP contribution in [-0.4, -0.2) is 48.4 Å². The molecule has 0 aromatic carbocycles. The van der Waals surface area contributed by atoms with Crippen molar-refractivity contribution in [3.63, 3.8) is 0 Å². The molecule has 0 amide bonds. The first kappa shape index (κ1) is 6.10. The van der Waals surface area contributed by atoms with Crippen molar-refractivity contribution < 1.29 is 0 Å². The van der Waals surface area contributed by atoms with Crippen LogP contribution in [0.3, 0.4) is 0 Å². The Hall–Kier alpha value is 1.97. The molecular weight excluding hydrogens is 324 g/mol. The van der Waals surface area contributed by atoms with Crippen molar-refractivity contribution in [2.24, 2.45) is 0 Å². The minimum absolute atomic E-state index is 0.809. The van der Waals surface area contributed by atoms with Gasteiger partial charge in [0.05, 0.1) is 0 Å². The second kappa shape index (κ2) is 3.91. The van der Waals surface area contributed by atoms with E-state index in [4.69, 9.17) is 0 Å². The molecule has 30 valence electrons. The maximum absolute atomic E-state index is 2.47. The van der Waals surface area contributed by atoms with Gasteiger partial charge in [0, 0.05) is 0 Å². The maximum atomic E-state index is 2.47. The van der Waals surface area contributed by atoms with E-state index in [1.807, 2.05) is 0 Å². The molecule has 0 radical (unpaired) electrons. The van der Waals surface area contributed by atoms with Crippen molar-refractivity contribution >= 4 is 48.4 Å². The Morgan fingerprint density at radius 1 is 0.833 bits per heavy atom. The van der Waals surface area contributed by atoms with Gasteiger partial charge in [0.2, 0.25) is 0 Å². The van der Waals surface area contributed by atoms with Crippen LogP contribution in [0.5, 0.6) is 0 Å². The van der Waals surface area contributed by atoms with E-state index in [0.717, 1.165) is 48.4 Å². The Morgan fingerprint density at radius 2 is 1.33 bits per heavy atom. The molecule has 0 saturated heterocycles. The normalized spacial score (nSPS) is 26.7. The molecule has 0 aliphatic carbocycles. The molecule has 0 bridgehead atoms. The van der Waals surface area contributed by atoms with Crippen LogP contribution in [0.1, 0.15) is 0 Å². The molecule has 1 heterocycles. The molecule has 4 heteroatoms. The van der Waals surface area contributed by atoms with E-state index < -0.39 is 0 Å². The van der Waals surface area contributed by atoms with Crippen molar-refractivity contribution in [1.29, 1.82) is 0 Å². The van der Waals surface area contributed by atoms with Crippen LogP contribution >= 0.6 is 0 Å². The molecule has 1 rings (SSSR count). The van der Waals surface area contributed by atoms with Crippen molar-refractivity contribution in [1.82, 2.24) is 0 Å². The summed E-state index contributed by atoms with van der Waals surface area (Å²) in [5, 5.41) is 0. The molecule has 0 aromatic heterocycles. The Morgan fingerprint density at radius 3 is 1.50 bits per heavy atom. The first-order valence-corrected chi connectivity index (χ1v) is 19.2. The van der Waals surface area contributed by atoms with Gasteiger partial charge in [-0.3, -0.25) is 0 Å². The standard InChI is InChI=1S/C2H2As4/c1-2-4-6-5-3-1/h1-2H. The number of hydrogen-bond acceptors (Lipinski definition) is 0. The summed E-state index contributed by atoms with van der Waals surface area (Å²) in [6, 6.07) is 0. The summed E-state index contributed by atoms with van der Waals surface area (Å²) in [6.07, 6.45) is 0. The van der Waals surface area contributed by atoms with Gasteiger partial charge in [-0.15, -0.1) is 0 Å². The quantitative estimate of drug-likeness (QED) is 0.503. The van der Waals surface area contributed by atoms with Crippen LogP contribution in [0.4, 0.5) is 0 Å². The van der Waals surface area contributed by atoms with Crippen molar-refractivity contribution in [2.45, 2.75) is 0 Å². The predicted molar refractivity (Wildman–Crippen MR) is 32.2 cm³/mol. The van der Waals surface area contributed by atoms with E-state index in [9.17, 15) is 0 Å². The van der Waals surface area contributed by atoms with Gasteiger partial charge in [-0.05, 0) is 0 Å². The van der Waals surface area contributed by atoms with E-state index >= 15 is 0 Å². The van der Waals surface area contributed by atoms with Crippen molar-refractivity contribution in [2.75, 3.05) is 0 Å². The summed E-state index contributed by atoms with van der Waals surface area (Å²) in [6.45, 7) is 0. The molecule has 0 unspecified atom stereocenters. The first-order valence-electron chi connectivity index (χ1n) is 1.45. The summed E-state index contributed by atoms with van der Waals surface area (Å²) in [5.74, 6) is 0. The van der Waals surface area contributed by atoms with Crippen LogP contribution in [0.25, 0.3) is 0 Å². The Bertz CT molecular complexity index is 74.9. The summed E-state index contributed by atoms with van der Waals surface area (Å²) < 4.78 is 0. The van der Waals surface area contributed by atoms with Gasteiger partial charge >= 0.3 is 58.1 Å².